The molecule has 3 heteroatoms. The van der Waals surface area contributed by atoms with Crippen LogP contribution in [0.3, 0.4) is 0 Å². The van der Waals surface area contributed by atoms with Gasteiger partial charge >= 0.3 is 0 Å². The molecule has 0 amide bonds. The lowest BCUT2D eigenvalue weighted by Crippen LogP contribution is -2.20. The van der Waals surface area contributed by atoms with Gasteiger partial charge in [-0.1, -0.05) is 18.2 Å². The third-order valence-corrected chi connectivity index (χ3v) is 4.15. The molecule has 1 N–H and O–H groups in total. The standard InChI is InChI=1S/C18H20O3/c1-11-5-4-6-12(2)18(11)17-10-15(19)14-8-7-13(20-3)9-16(14)21-17/h4-9,15,17,19H,10H2,1-3H3/t15-,17?/m1/s1. The van der Waals surface area contributed by atoms with Gasteiger partial charge in [-0.25, -0.2) is 0 Å². The molecule has 0 spiro atoms. The molecule has 1 aliphatic rings. The van der Waals surface area contributed by atoms with Gasteiger partial charge in [0.05, 0.1) is 13.2 Å². The summed E-state index contributed by atoms with van der Waals surface area (Å²) in [5.74, 6) is 1.45. The number of hydrogen-bond donors (Lipinski definition) is 1. The van der Waals surface area contributed by atoms with Crippen molar-refractivity contribution in [2.45, 2.75) is 32.5 Å². The maximum absolute atomic E-state index is 10.4. The Morgan fingerprint density at radius 1 is 1.14 bits per heavy atom. The first kappa shape index (κ1) is 14.0. The topological polar surface area (TPSA) is 38.7 Å². The van der Waals surface area contributed by atoms with E-state index < -0.39 is 6.10 Å². The van der Waals surface area contributed by atoms with Gasteiger partial charge in [0.25, 0.3) is 0 Å². The molecule has 1 unspecified atom stereocenters. The molecule has 3 rings (SSSR count). The van der Waals surface area contributed by atoms with Gasteiger partial charge < -0.3 is 14.6 Å². The first-order valence-electron chi connectivity index (χ1n) is 7.19. The molecule has 0 fully saturated rings. The Morgan fingerprint density at radius 3 is 2.52 bits per heavy atom. The predicted octanol–water partition coefficient (Wildman–Crippen LogP) is 3.87. The molecule has 2 aromatic carbocycles. The van der Waals surface area contributed by atoms with Crippen LogP contribution in [0.5, 0.6) is 11.5 Å². The average Bonchev–Trinajstić information content (AvgIpc) is 2.46. The van der Waals surface area contributed by atoms with E-state index in [0.29, 0.717) is 12.2 Å². The Labute approximate surface area is 125 Å². The summed E-state index contributed by atoms with van der Waals surface area (Å²) in [5, 5.41) is 10.4. The number of fused-ring (bicyclic) bond motifs is 1. The predicted molar refractivity (Wildman–Crippen MR) is 81.9 cm³/mol. The van der Waals surface area contributed by atoms with Crippen LogP contribution < -0.4 is 9.47 Å². The molecule has 0 saturated heterocycles. The minimum atomic E-state index is -0.510. The highest BCUT2D eigenvalue weighted by molar-refractivity contribution is 5.45. The van der Waals surface area contributed by atoms with Crippen molar-refractivity contribution < 1.29 is 14.6 Å². The van der Waals surface area contributed by atoms with Crippen LogP contribution >= 0.6 is 0 Å². The van der Waals surface area contributed by atoms with Crippen molar-refractivity contribution in [1.29, 1.82) is 0 Å². The Bertz CT molecular complexity index is 643. The monoisotopic (exact) mass is 284 g/mol. The second-order valence-corrected chi connectivity index (χ2v) is 5.57. The van der Waals surface area contributed by atoms with Crippen LogP contribution in [0.4, 0.5) is 0 Å². The smallest absolute Gasteiger partial charge is 0.129 e. The van der Waals surface area contributed by atoms with Gasteiger partial charge in [-0.3, -0.25) is 0 Å². The molecule has 0 aromatic heterocycles. The first-order chi connectivity index (χ1) is 10.1. The highest BCUT2D eigenvalue weighted by Crippen LogP contribution is 2.43. The second-order valence-electron chi connectivity index (χ2n) is 5.57. The summed E-state index contributed by atoms with van der Waals surface area (Å²) >= 11 is 0. The summed E-state index contributed by atoms with van der Waals surface area (Å²) in [6, 6.07) is 11.8. The van der Waals surface area contributed by atoms with Crippen LogP contribution in [0.1, 0.15) is 40.9 Å². The summed E-state index contributed by atoms with van der Waals surface area (Å²) in [5.41, 5.74) is 4.39. The van der Waals surface area contributed by atoms with E-state index in [-0.39, 0.29) is 6.10 Å². The highest BCUT2D eigenvalue weighted by atomic mass is 16.5. The maximum atomic E-state index is 10.4. The van der Waals surface area contributed by atoms with Gasteiger partial charge in [0.15, 0.2) is 0 Å². The number of benzene rings is 2. The molecule has 0 aliphatic carbocycles. The number of methoxy groups -OCH3 is 1. The lowest BCUT2D eigenvalue weighted by atomic mass is 9.90. The van der Waals surface area contributed by atoms with Crippen LogP contribution in [-0.4, -0.2) is 12.2 Å². The Morgan fingerprint density at radius 2 is 1.86 bits per heavy atom. The van der Waals surface area contributed by atoms with Crippen molar-refractivity contribution in [2.75, 3.05) is 7.11 Å². The molecular formula is C18H20O3. The SMILES string of the molecule is COc1ccc2c(c1)OC(c1c(C)cccc1C)C[C@H]2O. The molecule has 0 bridgehead atoms. The van der Waals surface area contributed by atoms with Crippen LogP contribution in [0.15, 0.2) is 36.4 Å². The Kier molecular flexibility index (Phi) is 3.60. The minimum absolute atomic E-state index is 0.124. The van der Waals surface area contributed by atoms with E-state index >= 15 is 0 Å². The molecular weight excluding hydrogens is 264 g/mol. The maximum Gasteiger partial charge on any atom is 0.129 e. The van der Waals surface area contributed by atoms with E-state index in [0.717, 1.165) is 11.3 Å². The van der Waals surface area contributed by atoms with E-state index in [1.54, 1.807) is 7.11 Å². The van der Waals surface area contributed by atoms with Gasteiger partial charge in [0.1, 0.15) is 17.6 Å². The van der Waals surface area contributed by atoms with Gasteiger partial charge in [0.2, 0.25) is 0 Å². The van der Waals surface area contributed by atoms with Gasteiger partial charge in [-0.05, 0) is 42.7 Å². The van der Waals surface area contributed by atoms with E-state index in [4.69, 9.17) is 9.47 Å². The molecule has 110 valence electrons. The first-order valence-corrected chi connectivity index (χ1v) is 7.19. The average molecular weight is 284 g/mol. The van der Waals surface area contributed by atoms with Crippen molar-refractivity contribution in [3.05, 3.63) is 58.7 Å². The fourth-order valence-electron chi connectivity index (χ4n) is 3.06. The molecule has 1 aliphatic heterocycles. The van der Waals surface area contributed by atoms with Crippen molar-refractivity contribution in [3.63, 3.8) is 0 Å². The van der Waals surface area contributed by atoms with Crippen molar-refractivity contribution in [3.8, 4) is 11.5 Å². The summed E-state index contributed by atoms with van der Waals surface area (Å²) < 4.78 is 11.4. The zero-order valence-electron chi connectivity index (χ0n) is 12.6. The zero-order chi connectivity index (χ0) is 15.0. The molecule has 0 radical (unpaired) electrons. The lowest BCUT2D eigenvalue weighted by molar-refractivity contribution is 0.0649. The molecule has 3 nitrogen and oxygen atoms in total. The molecule has 2 atom stereocenters. The third-order valence-electron chi connectivity index (χ3n) is 4.15. The van der Waals surface area contributed by atoms with E-state index in [1.165, 1.54) is 16.7 Å². The lowest BCUT2D eigenvalue weighted by Gasteiger charge is -2.31. The zero-order valence-corrected chi connectivity index (χ0v) is 12.6. The van der Waals surface area contributed by atoms with E-state index in [2.05, 4.69) is 26.0 Å². The van der Waals surface area contributed by atoms with Crippen LogP contribution in [0.2, 0.25) is 0 Å². The number of aliphatic hydroxyl groups excluding tert-OH is 1. The van der Waals surface area contributed by atoms with Gasteiger partial charge in [-0.2, -0.15) is 0 Å². The molecule has 2 aromatic rings. The van der Waals surface area contributed by atoms with Gasteiger partial charge in [0, 0.05) is 18.1 Å². The van der Waals surface area contributed by atoms with E-state index in [1.807, 2.05) is 24.3 Å². The van der Waals surface area contributed by atoms with Crippen molar-refractivity contribution >= 4 is 0 Å². The summed E-state index contributed by atoms with van der Waals surface area (Å²) in [7, 11) is 1.63. The normalized spacial score (nSPS) is 20.6. The quantitative estimate of drug-likeness (QED) is 0.910. The summed E-state index contributed by atoms with van der Waals surface area (Å²) in [6.45, 7) is 4.17. The van der Waals surface area contributed by atoms with Crippen LogP contribution in [0.25, 0.3) is 0 Å². The number of rotatable bonds is 2. The Balaban J connectivity index is 2.01. The molecule has 1 heterocycles. The van der Waals surface area contributed by atoms with Crippen molar-refractivity contribution in [1.82, 2.24) is 0 Å². The van der Waals surface area contributed by atoms with Crippen molar-refractivity contribution in [2.24, 2.45) is 0 Å². The number of aryl methyl sites for hydroxylation is 2. The van der Waals surface area contributed by atoms with E-state index in [9.17, 15) is 5.11 Å². The third kappa shape index (κ3) is 2.49. The second kappa shape index (κ2) is 5.41. The summed E-state index contributed by atoms with van der Waals surface area (Å²) in [6.07, 6.45) is -0.0603. The summed E-state index contributed by atoms with van der Waals surface area (Å²) in [4.78, 5) is 0. The number of hydrogen-bond acceptors (Lipinski definition) is 3. The number of aliphatic hydroxyl groups is 1. The van der Waals surface area contributed by atoms with Gasteiger partial charge in [-0.15, -0.1) is 0 Å². The van der Waals surface area contributed by atoms with Crippen LogP contribution in [-0.2, 0) is 0 Å². The highest BCUT2D eigenvalue weighted by Gasteiger charge is 2.30. The molecule has 0 saturated carbocycles. The Hall–Kier alpha value is -2.00. The van der Waals surface area contributed by atoms with Crippen LogP contribution in [0, 0.1) is 13.8 Å². The number of ether oxygens (including phenoxy) is 2. The fourth-order valence-corrected chi connectivity index (χ4v) is 3.06. The largest absolute Gasteiger partial charge is 0.497 e. The molecule has 21 heavy (non-hydrogen) atoms. The fraction of sp³-hybridized carbons (Fsp3) is 0.333. The minimum Gasteiger partial charge on any atom is -0.497 e.